The van der Waals surface area contributed by atoms with Crippen LogP contribution >= 0.6 is 12.0 Å². The first-order chi connectivity index (χ1) is 11.3. The maximum atomic E-state index is 11.5. The second-order valence-electron chi connectivity index (χ2n) is 4.63. The van der Waals surface area contributed by atoms with Crippen molar-refractivity contribution in [3.63, 3.8) is 0 Å². The zero-order valence-electron chi connectivity index (χ0n) is 12.0. The van der Waals surface area contributed by atoms with Gasteiger partial charge in [-0.25, -0.2) is 5.26 Å². The van der Waals surface area contributed by atoms with E-state index in [1.807, 2.05) is 0 Å². The van der Waals surface area contributed by atoms with Crippen LogP contribution in [0.5, 0.6) is 0 Å². The van der Waals surface area contributed by atoms with E-state index in [2.05, 4.69) is 14.7 Å². The van der Waals surface area contributed by atoms with Gasteiger partial charge in [0, 0.05) is 22.5 Å². The minimum Gasteiger partial charge on any atom is -0.481 e. The molecule has 4 N–H and O–H groups in total. The molecule has 0 aliphatic heterocycles. The molecule has 0 unspecified atom stereocenters. The van der Waals surface area contributed by atoms with Gasteiger partial charge in [-0.05, 0) is 29.7 Å². The molecule has 24 heavy (non-hydrogen) atoms. The van der Waals surface area contributed by atoms with Crippen LogP contribution in [0.25, 0.3) is 10.8 Å². The number of nitrogens with one attached hydrogen (secondary N) is 1. The Bertz CT molecular complexity index is 852. The lowest BCUT2D eigenvalue weighted by molar-refractivity contribution is -0.432. The maximum absolute atomic E-state index is 11.5. The zero-order valence-corrected chi connectivity index (χ0v) is 13.6. The summed E-state index contributed by atoms with van der Waals surface area (Å²) in [5, 5.41) is 23.9. The highest BCUT2D eigenvalue weighted by Gasteiger charge is 2.16. The van der Waals surface area contributed by atoms with Gasteiger partial charge in [-0.2, -0.15) is 8.42 Å². The molecule has 0 aliphatic rings. The molecule has 2 aromatic rings. The number of carboxylic acids is 1. The van der Waals surface area contributed by atoms with Crippen molar-refractivity contribution in [1.82, 2.24) is 0 Å². The summed E-state index contributed by atoms with van der Waals surface area (Å²) in [6.07, 6.45) is -0.0775. The standard InChI is InChI=1S/C13H13NO8S2/c15-13(16)3-4-14-9-1-2-11-8(5-9)6-10(23-22-21-17)7-12(11)24(18,19)20/h1-2,5-7,14,17H,3-4H2,(H,15,16)(H,18,19,20). The molecule has 11 heteroatoms. The molecule has 0 saturated heterocycles. The maximum Gasteiger partial charge on any atom is 0.305 e. The lowest BCUT2D eigenvalue weighted by Gasteiger charge is -2.10. The fourth-order valence-corrected chi connectivity index (χ4v) is 3.31. The van der Waals surface area contributed by atoms with E-state index in [0.717, 1.165) is 0 Å². The normalized spacial score (nSPS) is 11.6. The topological polar surface area (TPSA) is 142 Å². The molecule has 0 amide bonds. The first-order valence-corrected chi connectivity index (χ1v) is 8.65. The number of carbonyl (C=O) groups is 1. The van der Waals surface area contributed by atoms with E-state index in [-0.39, 0.29) is 28.1 Å². The molecule has 2 aromatic carbocycles. The molecule has 9 nitrogen and oxygen atoms in total. The van der Waals surface area contributed by atoms with Crippen LogP contribution in [-0.2, 0) is 24.3 Å². The summed E-state index contributed by atoms with van der Waals surface area (Å²) in [5.41, 5.74) is 0.575. The number of rotatable bonds is 8. The van der Waals surface area contributed by atoms with Gasteiger partial charge in [0.2, 0.25) is 0 Å². The van der Waals surface area contributed by atoms with Gasteiger partial charge >= 0.3 is 5.97 Å². The fraction of sp³-hybridized carbons (Fsp3) is 0.154. The van der Waals surface area contributed by atoms with Crippen molar-refractivity contribution in [1.29, 1.82) is 0 Å². The Morgan fingerprint density at radius 3 is 2.62 bits per heavy atom. The number of fused-ring (bicyclic) bond motifs is 1. The van der Waals surface area contributed by atoms with Gasteiger partial charge in [0.05, 0.1) is 18.5 Å². The van der Waals surface area contributed by atoms with Crippen LogP contribution in [0.1, 0.15) is 6.42 Å². The van der Waals surface area contributed by atoms with Crippen LogP contribution in [0.15, 0.2) is 40.1 Å². The number of benzene rings is 2. The van der Waals surface area contributed by atoms with E-state index < -0.39 is 16.1 Å². The van der Waals surface area contributed by atoms with Crippen LogP contribution < -0.4 is 5.32 Å². The highest BCUT2D eigenvalue weighted by atomic mass is 32.2. The van der Waals surface area contributed by atoms with Gasteiger partial charge in [-0.15, -0.1) is 4.33 Å². The minimum absolute atomic E-state index is 0.0775. The van der Waals surface area contributed by atoms with Gasteiger partial charge in [0.15, 0.2) is 0 Å². The predicted octanol–water partition coefficient (Wildman–Crippen LogP) is 2.40. The van der Waals surface area contributed by atoms with Gasteiger partial charge < -0.3 is 10.4 Å². The Morgan fingerprint density at radius 2 is 2.00 bits per heavy atom. The minimum atomic E-state index is -4.49. The average Bonchev–Trinajstić information content (AvgIpc) is 2.50. The predicted molar refractivity (Wildman–Crippen MR) is 85.2 cm³/mol. The Hall–Kier alpha value is -1.89. The summed E-state index contributed by atoms with van der Waals surface area (Å²) in [6.45, 7) is 0.196. The summed E-state index contributed by atoms with van der Waals surface area (Å²) in [7, 11) is -4.49. The van der Waals surface area contributed by atoms with Crippen molar-refractivity contribution in [2.45, 2.75) is 16.2 Å². The van der Waals surface area contributed by atoms with Gasteiger partial charge in [-0.3, -0.25) is 9.35 Å². The van der Waals surface area contributed by atoms with E-state index in [9.17, 15) is 17.8 Å². The Labute approximate surface area is 141 Å². The third-order valence-corrected chi connectivity index (χ3v) is 4.45. The molecule has 0 radical (unpaired) electrons. The summed E-state index contributed by atoms with van der Waals surface area (Å²) in [4.78, 5) is 10.4. The van der Waals surface area contributed by atoms with Crippen molar-refractivity contribution in [3.05, 3.63) is 30.3 Å². The fourth-order valence-electron chi connectivity index (χ4n) is 2.05. The molecule has 0 fully saturated rings. The van der Waals surface area contributed by atoms with E-state index in [0.29, 0.717) is 23.1 Å². The van der Waals surface area contributed by atoms with Crippen LogP contribution in [0, 0.1) is 0 Å². The van der Waals surface area contributed by atoms with Crippen molar-refractivity contribution in [2.24, 2.45) is 0 Å². The number of anilines is 1. The summed E-state index contributed by atoms with van der Waals surface area (Å²) < 4.78 is 36.7. The van der Waals surface area contributed by atoms with Gasteiger partial charge in [-0.1, -0.05) is 11.1 Å². The van der Waals surface area contributed by atoms with Crippen molar-refractivity contribution in [2.75, 3.05) is 11.9 Å². The highest BCUT2D eigenvalue weighted by Crippen LogP contribution is 2.32. The van der Waals surface area contributed by atoms with Crippen LogP contribution in [0.4, 0.5) is 5.69 Å². The lowest BCUT2D eigenvalue weighted by atomic mass is 10.1. The average molecular weight is 375 g/mol. The van der Waals surface area contributed by atoms with Gasteiger partial charge in [0.25, 0.3) is 10.1 Å². The molecule has 0 aliphatic carbocycles. The molecule has 0 spiro atoms. The molecule has 2 rings (SSSR count). The van der Waals surface area contributed by atoms with Crippen LogP contribution in [-0.4, -0.2) is 35.8 Å². The third-order valence-electron chi connectivity index (χ3n) is 2.99. The highest BCUT2D eigenvalue weighted by molar-refractivity contribution is 7.94. The number of aliphatic carboxylic acids is 1. The van der Waals surface area contributed by atoms with E-state index >= 15 is 0 Å². The molecule has 0 bridgehead atoms. The third kappa shape index (κ3) is 4.80. The Kier molecular flexibility index (Phi) is 5.99. The molecular weight excluding hydrogens is 362 g/mol. The first kappa shape index (κ1) is 18.4. The van der Waals surface area contributed by atoms with Crippen molar-refractivity contribution >= 4 is 44.6 Å². The SMILES string of the molecule is O=C(O)CCNc1ccc2c(S(=O)(=O)O)cc(SOOO)cc2c1. The number of hydrogen-bond acceptors (Lipinski definition) is 8. The monoisotopic (exact) mass is 375 g/mol. The molecule has 0 atom stereocenters. The van der Waals surface area contributed by atoms with Crippen molar-refractivity contribution in [3.8, 4) is 0 Å². The molecule has 130 valence electrons. The molecule has 0 heterocycles. The summed E-state index contributed by atoms with van der Waals surface area (Å²) in [5.74, 6) is -0.947. The second-order valence-corrected chi connectivity index (χ2v) is 6.79. The summed E-state index contributed by atoms with van der Waals surface area (Å²) in [6, 6.07) is 7.36. The van der Waals surface area contributed by atoms with Gasteiger partial charge in [0.1, 0.15) is 4.90 Å². The first-order valence-electron chi connectivity index (χ1n) is 6.47. The zero-order chi connectivity index (χ0) is 17.7. The Balaban J connectivity index is 2.43. The van der Waals surface area contributed by atoms with Crippen molar-refractivity contribution < 1.29 is 37.5 Å². The van der Waals surface area contributed by atoms with E-state index in [1.165, 1.54) is 12.1 Å². The molecule has 0 aromatic heterocycles. The van der Waals surface area contributed by atoms with E-state index in [4.69, 9.17) is 10.4 Å². The summed E-state index contributed by atoms with van der Waals surface area (Å²) >= 11 is 0.547. The quantitative estimate of drug-likeness (QED) is 0.235. The van der Waals surface area contributed by atoms with Crippen LogP contribution in [0.2, 0.25) is 0 Å². The molecular formula is C13H13NO8S2. The largest absolute Gasteiger partial charge is 0.481 e. The molecule has 0 saturated carbocycles. The Morgan fingerprint density at radius 1 is 1.25 bits per heavy atom. The van der Waals surface area contributed by atoms with E-state index in [1.54, 1.807) is 18.2 Å². The smallest absolute Gasteiger partial charge is 0.305 e. The van der Waals surface area contributed by atoms with Crippen LogP contribution in [0.3, 0.4) is 0 Å². The second kappa shape index (κ2) is 7.79. The lowest BCUT2D eigenvalue weighted by Crippen LogP contribution is -2.07. The number of carboxylic acid groups (broad SMARTS) is 1. The number of hydrogen-bond donors (Lipinski definition) is 4.